The van der Waals surface area contributed by atoms with Gasteiger partial charge in [-0.1, -0.05) is 12.8 Å². The Hall–Kier alpha value is -1.60. The second-order valence-corrected chi connectivity index (χ2v) is 6.20. The van der Waals surface area contributed by atoms with Gasteiger partial charge in [0.25, 0.3) is 0 Å². The molecule has 1 saturated heterocycles. The number of rotatable bonds is 6. The molecule has 1 aromatic rings. The molecule has 2 heterocycles. The lowest BCUT2D eigenvalue weighted by molar-refractivity contribution is 0.127. The average Bonchev–Trinajstić information content (AvgIpc) is 2.81. The van der Waals surface area contributed by atoms with Crippen LogP contribution in [0.4, 0.5) is 10.5 Å². The summed E-state index contributed by atoms with van der Waals surface area (Å²) in [5, 5.41) is 16.8. The number of hydrogen-bond acceptors (Lipinski definition) is 4. The van der Waals surface area contributed by atoms with Gasteiger partial charge < -0.3 is 20.1 Å². The first-order chi connectivity index (χ1) is 11.1. The van der Waals surface area contributed by atoms with E-state index in [9.17, 15) is 9.90 Å². The molecule has 2 unspecified atom stereocenters. The summed E-state index contributed by atoms with van der Waals surface area (Å²) in [4.78, 5) is 14.5. The van der Waals surface area contributed by atoms with Gasteiger partial charge in [-0.25, -0.2) is 4.79 Å². The number of methoxy groups -OCH3 is 1. The summed E-state index contributed by atoms with van der Waals surface area (Å²) in [5.41, 5.74) is 0.686. The maximum Gasteiger partial charge on any atom is 0.322 e. The molecule has 0 bridgehead atoms. The van der Waals surface area contributed by atoms with Crippen LogP contribution in [0.25, 0.3) is 0 Å². The minimum atomic E-state index is -0.398. The molecule has 7 heteroatoms. The molecule has 2 rings (SSSR count). The standard InChI is InChI=1S/C16H28N4O3/c1-13(21)10-15-6-4-3-5-7-20(15)16(22)18-14-11-17-19(12-14)8-9-23-2/h11-13,15,21H,3-10H2,1-2H3,(H,18,22). The summed E-state index contributed by atoms with van der Waals surface area (Å²) >= 11 is 0. The van der Waals surface area contributed by atoms with E-state index >= 15 is 0 Å². The number of carbonyl (C=O) groups excluding carboxylic acids is 1. The van der Waals surface area contributed by atoms with Gasteiger partial charge in [-0.15, -0.1) is 0 Å². The van der Waals surface area contributed by atoms with Gasteiger partial charge in [-0.2, -0.15) is 5.10 Å². The molecule has 1 fully saturated rings. The zero-order valence-corrected chi connectivity index (χ0v) is 14.1. The molecule has 130 valence electrons. The van der Waals surface area contributed by atoms with Gasteiger partial charge in [-0.05, 0) is 26.2 Å². The third kappa shape index (κ3) is 5.51. The molecule has 0 radical (unpaired) electrons. The number of aliphatic hydroxyl groups is 1. The van der Waals surface area contributed by atoms with Crippen molar-refractivity contribution in [3.63, 3.8) is 0 Å². The fraction of sp³-hybridized carbons (Fsp3) is 0.750. The molecular formula is C16H28N4O3. The predicted octanol–water partition coefficient (Wildman–Crippen LogP) is 2.08. The first-order valence-electron chi connectivity index (χ1n) is 8.37. The van der Waals surface area contributed by atoms with Gasteiger partial charge >= 0.3 is 6.03 Å². The summed E-state index contributed by atoms with van der Waals surface area (Å²) in [6.07, 6.45) is 7.88. The van der Waals surface area contributed by atoms with E-state index in [4.69, 9.17) is 4.74 Å². The Balaban J connectivity index is 1.97. The number of likely N-dealkylation sites (tertiary alicyclic amines) is 1. The third-order valence-corrected chi connectivity index (χ3v) is 4.16. The highest BCUT2D eigenvalue weighted by atomic mass is 16.5. The van der Waals surface area contributed by atoms with Crippen LogP contribution in [0.2, 0.25) is 0 Å². The smallest absolute Gasteiger partial charge is 0.322 e. The van der Waals surface area contributed by atoms with Crippen molar-refractivity contribution >= 4 is 11.7 Å². The van der Waals surface area contributed by atoms with E-state index in [1.165, 1.54) is 0 Å². The van der Waals surface area contributed by atoms with E-state index in [-0.39, 0.29) is 12.1 Å². The number of ether oxygens (including phenoxy) is 1. The number of aliphatic hydroxyl groups excluding tert-OH is 1. The number of nitrogens with one attached hydrogen (secondary N) is 1. The molecule has 23 heavy (non-hydrogen) atoms. The van der Waals surface area contributed by atoms with Crippen LogP contribution in [0.1, 0.15) is 39.0 Å². The van der Waals surface area contributed by atoms with E-state index < -0.39 is 6.10 Å². The number of amides is 2. The highest BCUT2D eigenvalue weighted by Crippen LogP contribution is 2.21. The highest BCUT2D eigenvalue weighted by molar-refractivity contribution is 5.89. The van der Waals surface area contributed by atoms with Crippen molar-refractivity contribution in [3.05, 3.63) is 12.4 Å². The van der Waals surface area contributed by atoms with Crippen LogP contribution < -0.4 is 5.32 Å². The summed E-state index contributed by atoms with van der Waals surface area (Å²) < 4.78 is 6.76. The van der Waals surface area contributed by atoms with E-state index in [0.717, 1.165) is 32.2 Å². The number of carbonyl (C=O) groups is 1. The van der Waals surface area contributed by atoms with E-state index in [1.54, 1.807) is 31.1 Å². The second-order valence-electron chi connectivity index (χ2n) is 6.20. The van der Waals surface area contributed by atoms with Crippen molar-refractivity contribution in [2.45, 2.75) is 57.7 Å². The molecular weight excluding hydrogens is 296 g/mol. The van der Waals surface area contributed by atoms with E-state index in [0.29, 0.717) is 25.3 Å². The van der Waals surface area contributed by atoms with Gasteiger partial charge in [0.2, 0.25) is 0 Å². The number of hydrogen-bond donors (Lipinski definition) is 2. The molecule has 1 aromatic heterocycles. The lowest BCUT2D eigenvalue weighted by Gasteiger charge is -2.30. The van der Waals surface area contributed by atoms with Crippen LogP contribution in [0, 0.1) is 0 Å². The van der Waals surface area contributed by atoms with Crippen molar-refractivity contribution < 1.29 is 14.6 Å². The monoisotopic (exact) mass is 324 g/mol. The number of nitrogens with zero attached hydrogens (tertiary/aromatic N) is 3. The Morgan fingerprint density at radius 1 is 1.52 bits per heavy atom. The molecule has 0 spiro atoms. The average molecular weight is 324 g/mol. The maximum atomic E-state index is 12.6. The Bertz CT molecular complexity index is 489. The lowest BCUT2D eigenvalue weighted by Crippen LogP contribution is -2.43. The van der Waals surface area contributed by atoms with Crippen molar-refractivity contribution in [1.82, 2.24) is 14.7 Å². The largest absolute Gasteiger partial charge is 0.393 e. The Labute approximate surface area is 137 Å². The highest BCUT2D eigenvalue weighted by Gasteiger charge is 2.26. The topological polar surface area (TPSA) is 79.6 Å². The van der Waals surface area contributed by atoms with E-state index in [2.05, 4.69) is 10.4 Å². The molecule has 2 N–H and O–H groups in total. The van der Waals surface area contributed by atoms with Gasteiger partial charge in [-0.3, -0.25) is 4.68 Å². The maximum absolute atomic E-state index is 12.6. The SMILES string of the molecule is COCCn1cc(NC(=O)N2CCCCCC2CC(C)O)cn1. The minimum Gasteiger partial charge on any atom is -0.393 e. The Morgan fingerprint density at radius 2 is 2.35 bits per heavy atom. The van der Waals surface area contributed by atoms with Crippen molar-refractivity contribution in [1.29, 1.82) is 0 Å². The fourth-order valence-electron chi connectivity index (χ4n) is 3.01. The summed E-state index contributed by atoms with van der Waals surface area (Å²) in [6.45, 7) is 3.75. The summed E-state index contributed by atoms with van der Waals surface area (Å²) in [7, 11) is 1.65. The fourth-order valence-corrected chi connectivity index (χ4v) is 3.01. The van der Waals surface area contributed by atoms with Crippen LogP contribution in [-0.4, -0.2) is 58.2 Å². The number of anilines is 1. The van der Waals surface area contributed by atoms with Gasteiger partial charge in [0, 0.05) is 25.9 Å². The lowest BCUT2D eigenvalue weighted by atomic mass is 10.0. The summed E-state index contributed by atoms with van der Waals surface area (Å²) in [6, 6.07) is -0.00937. The Kier molecular flexibility index (Phi) is 6.85. The van der Waals surface area contributed by atoms with Gasteiger partial charge in [0.1, 0.15) is 0 Å². The summed E-state index contributed by atoms with van der Waals surface area (Å²) in [5.74, 6) is 0. The quantitative estimate of drug-likeness (QED) is 0.839. The van der Waals surface area contributed by atoms with Crippen molar-refractivity contribution in [3.8, 4) is 0 Å². The minimum absolute atomic E-state index is 0.0982. The zero-order chi connectivity index (χ0) is 16.7. The van der Waals surface area contributed by atoms with Crippen LogP contribution in [0.15, 0.2) is 12.4 Å². The zero-order valence-electron chi connectivity index (χ0n) is 14.1. The second kappa shape index (κ2) is 8.88. The first kappa shape index (κ1) is 17.7. The van der Waals surface area contributed by atoms with Crippen LogP contribution >= 0.6 is 0 Å². The number of urea groups is 1. The molecule has 7 nitrogen and oxygen atoms in total. The first-order valence-corrected chi connectivity index (χ1v) is 8.37. The van der Waals surface area contributed by atoms with Crippen molar-refractivity contribution in [2.24, 2.45) is 0 Å². The molecule has 0 aromatic carbocycles. The number of aromatic nitrogens is 2. The van der Waals surface area contributed by atoms with E-state index in [1.807, 2.05) is 4.90 Å². The molecule has 0 aliphatic carbocycles. The molecule has 2 atom stereocenters. The van der Waals surface area contributed by atoms with Crippen molar-refractivity contribution in [2.75, 3.05) is 25.6 Å². The van der Waals surface area contributed by atoms with Crippen LogP contribution in [0.5, 0.6) is 0 Å². The third-order valence-electron chi connectivity index (χ3n) is 4.16. The molecule has 1 aliphatic heterocycles. The Morgan fingerprint density at radius 3 is 3.09 bits per heavy atom. The normalized spacial score (nSPS) is 20.1. The van der Waals surface area contributed by atoms with Gasteiger partial charge in [0.15, 0.2) is 0 Å². The predicted molar refractivity (Wildman–Crippen MR) is 88.4 cm³/mol. The van der Waals surface area contributed by atoms with Crippen LogP contribution in [-0.2, 0) is 11.3 Å². The molecule has 2 amide bonds. The van der Waals surface area contributed by atoms with Gasteiger partial charge in [0.05, 0.1) is 31.1 Å². The van der Waals surface area contributed by atoms with Crippen LogP contribution in [0.3, 0.4) is 0 Å². The molecule has 0 saturated carbocycles. The molecule has 1 aliphatic rings.